The van der Waals surface area contributed by atoms with E-state index in [0.29, 0.717) is 17.8 Å². The molecule has 1 aromatic rings. The molecule has 164 valence electrons. The molecule has 0 unspecified atom stereocenters. The predicted octanol–water partition coefficient (Wildman–Crippen LogP) is 2.96. The number of carbonyl (C=O) groups is 2. The second-order valence-electron chi connectivity index (χ2n) is 9.05. The number of halogens is 3. The summed E-state index contributed by atoms with van der Waals surface area (Å²) in [5, 5.41) is 8.01. The van der Waals surface area contributed by atoms with Crippen molar-refractivity contribution in [2.45, 2.75) is 44.7 Å². The predicted molar refractivity (Wildman–Crippen MR) is 104 cm³/mol. The maximum atomic E-state index is 12.9. The van der Waals surface area contributed by atoms with E-state index in [2.05, 4.69) is 20.9 Å². The Morgan fingerprint density at radius 1 is 1.03 bits per heavy atom. The van der Waals surface area contributed by atoms with Crippen LogP contribution in [0.2, 0.25) is 0 Å². The van der Waals surface area contributed by atoms with Crippen molar-refractivity contribution in [1.82, 2.24) is 15.6 Å². The van der Waals surface area contributed by atoms with Crippen LogP contribution in [-0.4, -0.2) is 36.4 Å². The molecule has 0 spiro atoms. The summed E-state index contributed by atoms with van der Waals surface area (Å²) in [5.41, 5.74) is -1.15. The third-order valence-electron chi connectivity index (χ3n) is 6.78. The molecule has 0 aromatic carbocycles. The Kier molecular flexibility index (Phi) is 5.63. The fourth-order valence-electron chi connectivity index (χ4n) is 5.96. The normalized spacial score (nSPS) is 29.5. The van der Waals surface area contributed by atoms with E-state index in [-0.39, 0.29) is 42.7 Å². The molecule has 5 rings (SSSR count). The summed E-state index contributed by atoms with van der Waals surface area (Å²) in [6.45, 7) is 0.104. The van der Waals surface area contributed by atoms with Gasteiger partial charge in [0, 0.05) is 24.7 Å². The summed E-state index contributed by atoms with van der Waals surface area (Å²) in [6, 6.07) is 2.18. The summed E-state index contributed by atoms with van der Waals surface area (Å²) in [6.07, 6.45) is 3.30. The molecule has 4 fully saturated rings. The first kappa shape index (κ1) is 20.9. The van der Waals surface area contributed by atoms with E-state index in [4.69, 9.17) is 0 Å². The number of aromatic nitrogens is 1. The van der Waals surface area contributed by atoms with Gasteiger partial charge in [-0.1, -0.05) is 0 Å². The number of nitrogens with one attached hydrogen (secondary N) is 3. The maximum absolute atomic E-state index is 12.9. The molecule has 0 radical (unpaired) electrons. The first-order chi connectivity index (χ1) is 14.2. The van der Waals surface area contributed by atoms with Gasteiger partial charge in [-0.3, -0.25) is 9.59 Å². The zero-order valence-corrected chi connectivity index (χ0v) is 16.7. The van der Waals surface area contributed by atoms with Crippen molar-refractivity contribution in [3.8, 4) is 0 Å². The Morgan fingerprint density at radius 3 is 2.27 bits per heavy atom. The van der Waals surface area contributed by atoms with Gasteiger partial charge in [-0.25, -0.2) is 4.98 Å². The Balaban J connectivity index is 1.20. The molecule has 0 atom stereocenters. The SMILES string of the molecule is O=C(CNC(=O)C12CC3CC(CC(C3)C1)C2)NCCNc1ncccc1C(F)(F)F. The molecule has 4 aliphatic carbocycles. The number of hydrogen-bond acceptors (Lipinski definition) is 4. The second-order valence-corrected chi connectivity index (χ2v) is 9.05. The fraction of sp³-hybridized carbons (Fsp3) is 0.667. The zero-order chi connectivity index (χ0) is 21.4. The van der Waals surface area contributed by atoms with Crippen LogP contribution in [0, 0.1) is 23.2 Å². The topological polar surface area (TPSA) is 83.1 Å². The van der Waals surface area contributed by atoms with Crippen LogP contribution in [-0.2, 0) is 15.8 Å². The van der Waals surface area contributed by atoms with Gasteiger partial charge >= 0.3 is 6.18 Å². The van der Waals surface area contributed by atoms with Gasteiger partial charge in [0.25, 0.3) is 0 Å². The lowest BCUT2D eigenvalue weighted by Crippen LogP contribution is -2.54. The van der Waals surface area contributed by atoms with E-state index < -0.39 is 11.7 Å². The Labute approximate surface area is 173 Å². The fourth-order valence-corrected chi connectivity index (χ4v) is 5.96. The van der Waals surface area contributed by atoms with Crippen LogP contribution >= 0.6 is 0 Å². The molecule has 0 aliphatic heterocycles. The van der Waals surface area contributed by atoms with Crippen molar-refractivity contribution >= 4 is 17.6 Å². The van der Waals surface area contributed by atoms with E-state index in [1.54, 1.807) is 0 Å². The number of carbonyl (C=O) groups excluding carboxylic acids is 2. The highest BCUT2D eigenvalue weighted by atomic mass is 19.4. The first-order valence-electron chi connectivity index (χ1n) is 10.6. The third kappa shape index (κ3) is 4.39. The average Bonchev–Trinajstić information content (AvgIpc) is 2.68. The molecule has 1 heterocycles. The first-order valence-corrected chi connectivity index (χ1v) is 10.6. The molecular weight excluding hydrogens is 397 g/mol. The molecule has 4 saturated carbocycles. The number of hydrogen-bond donors (Lipinski definition) is 3. The van der Waals surface area contributed by atoms with Crippen LogP contribution in [0.3, 0.4) is 0 Å². The lowest BCUT2D eigenvalue weighted by Gasteiger charge is -2.55. The van der Waals surface area contributed by atoms with Crippen LogP contribution in [0.1, 0.15) is 44.1 Å². The smallest absolute Gasteiger partial charge is 0.368 e. The molecule has 9 heteroatoms. The van der Waals surface area contributed by atoms with E-state index in [0.717, 1.165) is 25.3 Å². The lowest BCUT2D eigenvalue weighted by molar-refractivity contribution is -0.147. The van der Waals surface area contributed by atoms with Crippen LogP contribution in [0.5, 0.6) is 0 Å². The highest BCUT2D eigenvalue weighted by Gasteiger charge is 2.54. The second kappa shape index (κ2) is 8.07. The number of nitrogens with zero attached hydrogens (tertiary/aromatic N) is 1. The molecular formula is C21H27F3N4O2. The minimum absolute atomic E-state index is 0.0156. The third-order valence-corrected chi connectivity index (χ3v) is 6.78. The van der Waals surface area contributed by atoms with Gasteiger partial charge in [-0.15, -0.1) is 0 Å². The van der Waals surface area contributed by atoms with Crippen molar-refractivity contribution in [2.75, 3.05) is 25.0 Å². The minimum Gasteiger partial charge on any atom is -0.368 e. The van der Waals surface area contributed by atoms with E-state index in [1.807, 2.05) is 0 Å². The van der Waals surface area contributed by atoms with Gasteiger partial charge in [-0.05, 0) is 68.4 Å². The average molecular weight is 424 g/mol. The van der Waals surface area contributed by atoms with Crippen molar-refractivity contribution in [1.29, 1.82) is 0 Å². The highest BCUT2D eigenvalue weighted by molar-refractivity contribution is 5.88. The summed E-state index contributed by atoms with van der Waals surface area (Å²) in [4.78, 5) is 28.6. The molecule has 30 heavy (non-hydrogen) atoms. The van der Waals surface area contributed by atoms with Crippen LogP contribution in [0.15, 0.2) is 18.3 Å². The van der Waals surface area contributed by atoms with Gasteiger partial charge in [0.15, 0.2) is 0 Å². The van der Waals surface area contributed by atoms with Crippen molar-refractivity contribution in [3.05, 3.63) is 23.9 Å². The molecule has 0 saturated heterocycles. The van der Waals surface area contributed by atoms with Crippen LogP contribution in [0.4, 0.5) is 19.0 Å². The molecule has 6 nitrogen and oxygen atoms in total. The number of amides is 2. The summed E-state index contributed by atoms with van der Waals surface area (Å²) < 4.78 is 38.8. The minimum atomic E-state index is -4.50. The monoisotopic (exact) mass is 424 g/mol. The summed E-state index contributed by atoms with van der Waals surface area (Å²) in [7, 11) is 0. The Bertz CT molecular complexity index is 776. The largest absolute Gasteiger partial charge is 0.419 e. The van der Waals surface area contributed by atoms with Gasteiger partial charge < -0.3 is 16.0 Å². The van der Waals surface area contributed by atoms with Crippen LogP contribution < -0.4 is 16.0 Å². The number of rotatable bonds is 7. The number of pyridine rings is 1. The van der Waals surface area contributed by atoms with Crippen LogP contribution in [0.25, 0.3) is 0 Å². The summed E-state index contributed by atoms with van der Waals surface area (Å²) >= 11 is 0. The highest BCUT2D eigenvalue weighted by Crippen LogP contribution is 2.60. The summed E-state index contributed by atoms with van der Waals surface area (Å²) in [5.74, 6) is 1.31. The quantitative estimate of drug-likeness (QED) is 0.588. The van der Waals surface area contributed by atoms with E-state index in [9.17, 15) is 22.8 Å². The van der Waals surface area contributed by atoms with Gasteiger partial charge in [0.05, 0.1) is 12.1 Å². The molecule has 3 N–H and O–H groups in total. The Hall–Kier alpha value is -2.32. The van der Waals surface area contributed by atoms with E-state index >= 15 is 0 Å². The van der Waals surface area contributed by atoms with Gasteiger partial charge in [0.2, 0.25) is 11.8 Å². The maximum Gasteiger partial charge on any atom is 0.419 e. The molecule has 4 bridgehead atoms. The number of anilines is 1. The van der Waals surface area contributed by atoms with Gasteiger partial charge in [-0.2, -0.15) is 13.2 Å². The Morgan fingerprint density at radius 2 is 1.67 bits per heavy atom. The van der Waals surface area contributed by atoms with Crippen molar-refractivity contribution < 1.29 is 22.8 Å². The molecule has 1 aromatic heterocycles. The lowest BCUT2D eigenvalue weighted by atomic mass is 9.49. The molecule has 2 amide bonds. The van der Waals surface area contributed by atoms with Gasteiger partial charge in [0.1, 0.15) is 5.82 Å². The zero-order valence-electron chi connectivity index (χ0n) is 16.7. The molecule has 4 aliphatic rings. The number of alkyl halides is 3. The van der Waals surface area contributed by atoms with E-state index in [1.165, 1.54) is 31.5 Å². The standard InChI is InChI=1S/C21H27F3N4O2/c22-21(23,24)16-2-1-3-26-18(16)27-5-4-25-17(29)12-28-19(30)20-9-13-6-14(10-20)8-15(7-13)11-20/h1-3,13-15H,4-12H2,(H,25,29)(H,26,27)(H,28,30). The van der Waals surface area contributed by atoms with Crippen molar-refractivity contribution in [2.24, 2.45) is 23.2 Å². The van der Waals surface area contributed by atoms with Crippen molar-refractivity contribution in [3.63, 3.8) is 0 Å².